The van der Waals surface area contributed by atoms with Crippen molar-refractivity contribution in [1.82, 2.24) is 15.3 Å². The first-order chi connectivity index (χ1) is 9.61. The van der Waals surface area contributed by atoms with Crippen LogP contribution in [0, 0.1) is 0 Å². The summed E-state index contributed by atoms with van der Waals surface area (Å²) in [4.78, 5) is 33.3. The van der Waals surface area contributed by atoms with E-state index in [4.69, 9.17) is 5.73 Å². The predicted molar refractivity (Wildman–Crippen MR) is 72.6 cm³/mol. The molecule has 1 amide bonds. The summed E-state index contributed by atoms with van der Waals surface area (Å²) in [6, 6.07) is 1.85. The van der Waals surface area contributed by atoms with E-state index in [0.717, 1.165) is 19.5 Å². The molecule has 0 spiro atoms. The zero-order valence-corrected chi connectivity index (χ0v) is 10.9. The molecule has 3 heterocycles. The van der Waals surface area contributed by atoms with E-state index in [1.54, 1.807) is 18.3 Å². The highest BCUT2D eigenvalue weighted by Gasteiger charge is 2.24. The van der Waals surface area contributed by atoms with Crippen LogP contribution in [0.25, 0.3) is 6.08 Å². The molecule has 2 aliphatic heterocycles. The van der Waals surface area contributed by atoms with Gasteiger partial charge in [-0.05, 0) is 18.6 Å². The molecule has 3 rings (SSSR count). The summed E-state index contributed by atoms with van der Waals surface area (Å²) in [5, 5.41) is 2.53. The van der Waals surface area contributed by atoms with E-state index in [1.807, 2.05) is 4.90 Å². The van der Waals surface area contributed by atoms with E-state index < -0.39 is 0 Å². The van der Waals surface area contributed by atoms with Crippen LogP contribution in [0.4, 0.5) is 5.95 Å². The van der Waals surface area contributed by atoms with E-state index in [0.29, 0.717) is 11.6 Å². The van der Waals surface area contributed by atoms with Crippen molar-refractivity contribution >= 4 is 23.7 Å². The van der Waals surface area contributed by atoms with Crippen molar-refractivity contribution in [2.24, 2.45) is 5.73 Å². The number of carbonyl (C=O) groups is 2. The Balaban J connectivity index is 1.83. The zero-order chi connectivity index (χ0) is 14.1. The second-order valence-electron chi connectivity index (χ2n) is 4.98. The van der Waals surface area contributed by atoms with Gasteiger partial charge < -0.3 is 16.0 Å². The van der Waals surface area contributed by atoms with Gasteiger partial charge in [0.15, 0.2) is 5.78 Å². The van der Waals surface area contributed by atoms with Crippen molar-refractivity contribution in [3.8, 4) is 0 Å². The monoisotopic (exact) mass is 273 g/mol. The third-order valence-electron chi connectivity index (χ3n) is 3.36. The van der Waals surface area contributed by atoms with Crippen LogP contribution in [0.2, 0.25) is 0 Å². The zero-order valence-electron chi connectivity index (χ0n) is 10.9. The molecule has 20 heavy (non-hydrogen) atoms. The summed E-state index contributed by atoms with van der Waals surface area (Å²) >= 11 is 0. The maximum absolute atomic E-state index is 11.6. The molecule has 1 unspecified atom stereocenters. The first-order valence-corrected chi connectivity index (χ1v) is 6.50. The average molecular weight is 273 g/mol. The Hall–Kier alpha value is -2.28. The van der Waals surface area contributed by atoms with Crippen molar-refractivity contribution < 1.29 is 9.59 Å². The normalized spacial score (nSPS) is 24.6. The van der Waals surface area contributed by atoms with Gasteiger partial charge in [0.25, 0.3) is 0 Å². The molecule has 0 saturated carbocycles. The smallest absolute Gasteiger partial charge is 0.232 e. The number of aromatic nitrogens is 2. The molecule has 0 radical (unpaired) electrons. The van der Waals surface area contributed by atoms with E-state index in [2.05, 4.69) is 15.3 Å². The summed E-state index contributed by atoms with van der Waals surface area (Å²) in [5.41, 5.74) is 6.75. The van der Waals surface area contributed by atoms with Crippen molar-refractivity contribution in [2.45, 2.75) is 18.9 Å². The third-order valence-corrected chi connectivity index (χ3v) is 3.36. The quantitative estimate of drug-likeness (QED) is 0.553. The van der Waals surface area contributed by atoms with Gasteiger partial charge in [-0.1, -0.05) is 0 Å². The number of carbonyl (C=O) groups excluding carboxylic acids is 2. The molecule has 0 bridgehead atoms. The van der Waals surface area contributed by atoms with Crippen LogP contribution in [0.3, 0.4) is 0 Å². The lowest BCUT2D eigenvalue weighted by molar-refractivity contribution is -0.121. The highest BCUT2D eigenvalue weighted by molar-refractivity contribution is 6.16. The number of amides is 1. The van der Waals surface area contributed by atoms with Gasteiger partial charge >= 0.3 is 0 Å². The largest absolute Gasteiger partial charge is 0.339 e. The number of anilines is 1. The molecule has 1 atom stereocenters. The second-order valence-corrected chi connectivity index (χ2v) is 4.98. The van der Waals surface area contributed by atoms with Crippen LogP contribution in [-0.2, 0) is 9.59 Å². The molecule has 7 heteroatoms. The Labute approximate surface area is 115 Å². The minimum absolute atomic E-state index is 0.0925. The number of nitrogens with one attached hydrogen (secondary N) is 1. The van der Waals surface area contributed by atoms with Gasteiger partial charge in [0.05, 0.1) is 17.8 Å². The molecule has 3 N–H and O–H groups in total. The summed E-state index contributed by atoms with van der Waals surface area (Å²) < 4.78 is 0. The van der Waals surface area contributed by atoms with Gasteiger partial charge in [0.1, 0.15) is 0 Å². The standard InChI is InChI=1S/C13H15N5O2/c14-8-2-4-18(7-8)13-15-3-1-9(16-13)5-10-11(19)6-12(20)17-10/h1,3,5,8H,2,4,6-7,14H2,(H,17,20)/b10-5-. The van der Waals surface area contributed by atoms with Crippen LogP contribution < -0.4 is 16.0 Å². The molecule has 2 aliphatic rings. The Bertz CT molecular complexity index is 598. The first kappa shape index (κ1) is 12.7. The molecule has 1 aromatic heterocycles. The highest BCUT2D eigenvalue weighted by atomic mass is 16.2. The Kier molecular flexibility index (Phi) is 3.19. The minimum Gasteiger partial charge on any atom is -0.339 e. The maximum atomic E-state index is 11.6. The van der Waals surface area contributed by atoms with Crippen LogP contribution in [0.5, 0.6) is 0 Å². The molecule has 104 valence electrons. The van der Waals surface area contributed by atoms with Gasteiger partial charge in [-0.25, -0.2) is 9.97 Å². The van der Waals surface area contributed by atoms with Gasteiger partial charge in [0.2, 0.25) is 11.9 Å². The fraction of sp³-hybridized carbons (Fsp3) is 0.385. The highest BCUT2D eigenvalue weighted by Crippen LogP contribution is 2.16. The Morgan fingerprint density at radius 1 is 1.45 bits per heavy atom. The first-order valence-electron chi connectivity index (χ1n) is 6.50. The SMILES string of the molecule is NC1CCN(c2nccc(/C=C3\NC(=O)CC3=O)n2)C1. The number of allylic oxidation sites excluding steroid dienone is 1. The summed E-state index contributed by atoms with van der Waals surface area (Å²) in [5.74, 6) is 0.114. The third kappa shape index (κ3) is 2.53. The molecule has 2 fully saturated rings. The van der Waals surface area contributed by atoms with Crippen LogP contribution >= 0.6 is 0 Å². The van der Waals surface area contributed by atoms with Gasteiger partial charge in [-0.15, -0.1) is 0 Å². The summed E-state index contributed by atoms with van der Waals surface area (Å²) in [6.07, 6.45) is 4.04. The topological polar surface area (TPSA) is 101 Å². The number of ketones is 1. The molecule has 7 nitrogen and oxygen atoms in total. The number of nitrogens with zero attached hydrogens (tertiary/aromatic N) is 3. The van der Waals surface area contributed by atoms with Crippen molar-refractivity contribution in [1.29, 1.82) is 0 Å². The van der Waals surface area contributed by atoms with Gasteiger partial charge in [-0.3, -0.25) is 9.59 Å². The fourth-order valence-corrected chi connectivity index (χ4v) is 2.33. The van der Waals surface area contributed by atoms with Crippen molar-refractivity contribution in [3.63, 3.8) is 0 Å². The molecule has 2 saturated heterocycles. The average Bonchev–Trinajstić information content (AvgIpc) is 2.97. The molecule has 0 aliphatic carbocycles. The van der Waals surface area contributed by atoms with Crippen molar-refractivity contribution in [3.05, 3.63) is 23.7 Å². The van der Waals surface area contributed by atoms with E-state index in [9.17, 15) is 9.59 Å². The molecule has 1 aromatic rings. The van der Waals surface area contributed by atoms with Crippen LogP contribution in [0.1, 0.15) is 18.5 Å². The molecular formula is C13H15N5O2. The lowest BCUT2D eigenvalue weighted by atomic mass is 10.2. The number of rotatable bonds is 2. The number of hydrogen-bond donors (Lipinski definition) is 2. The van der Waals surface area contributed by atoms with E-state index in [-0.39, 0.29) is 29.9 Å². The fourth-order valence-electron chi connectivity index (χ4n) is 2.33. The number of nitrogens with two attached hydrogens (primary N) is 1. The number of hydrogen-bond acceptors (Lipinski definition) is 6. The predicted octanol–water partition coefficient (Wildman–Crippen LogP) is -0.556. The minimum atomic E-state index is -0.277. The number of Topliss-reactive ketones (excluding diaryl/α,β-unsaturated/α-hetero) is 1. The summed E-state index contributed by atoms with van der Waals surface area (Å²) in [6.45, 7) is 1.56. The summed E-state index contributed by atoms with van der Waals surface area (Å²) in [7, 11) is 0. The lowest BCUT2D eigenvalue weighted by Gasteiger charge is -2.15. The van der Waals surface area contributed by atoms with Gasteiger partial charge in [0, 0.05) is 25.3 Å². The lowest BCUT2D eigenvalue weighted by Crippen LogP contribution is -2.27. The van der Waals surface area contributed by atoms with Crippen molar-refractivity contribution in [2.75, 3.05) is 18.0 Å². The molecular weight excluding hydrogens is 258 g/mol. The van der Waals surface area contributed by atoms with Crippen LogP contribution in [-0.4, -0.2) is 40.8 Å². The van der Waals surface area contributed by atoms with E-state index >= 15 is 0 Å². The van der Waals surface area contributed by atoms with Crippen LogP contribution in [0.15, 0.2) is 18.0 Å². The molecule has 0 aromatic carbocycles. The second kappa shape index (κ2) is 5.01. The van der Waals surface area contributed by atoms with E-state index in [1.165, 1.54) is 0 Å². The maximum Gasteiger partial charge on any atom is 0.232 e. The Morgan fingerprint density at radius 3 is 2.95 bits per heavy atom. The van der Waals surface area contributed by atoms with Gasteiger partial charge in [-0.2, -0.15) is 0 Å². The Morgan fingerprint density at radius 2 is 2.30 bits per heavy atom.